The average Bonchev–Trinajstić information content (AvgIpc) is 3.04. The molecule has 1 aromatic heterocycles. The zero-order valence-electron chi connectivity index (χ0n) is 16.2. The Morgan fingerprint density at radius 2 is 1.57 bits per heavy atom. The van der Waals surface area contributed by atoms with Crippen molar-refractivity contribution in [1.29, 1.82) is 0 Å². The van der Waals surface area contributed by atoms with Crippen LogP contribution >= 0.6 is 0 Å². The molecule has 5 nitrogen and oxygen atoms in total. The van der Waals surface area contributed by atoms with Crippen LogP contribution in [0.25, 0.3) is 11.0 Å². The quantitative estimate of drug-likeness (QED) is 0.662. The van der Waals surface area contributed by atoms with Crippen LogP contribution in [-0.4, -0.2) is 33.4 Å². The van der Waals surface area contributed by atoms with Crippen molar-refractivity contribution in [3.05, 3.63) is 60.4 Å². The van der Waals surface area contributed by atoms with E-state index < -0.39 is 0 Å². The normalized spacial score (nSPS) is 15.2. The molecular formula is C23H27N3O2. The van der Waals surface area contributed by atoms with Crippen molar-refractivity contribution in [2.24, 2.45) is 0 Å². The van der Waals surface area contributed by atoms with E-state index in [1.54, 1.807) is 0 Å². The summed E-state index contributed by atoms with van der Waals surface area (Å²) in [5.74, 6) is 1.76. The van der Waals surface area contributed by atoms with Gasteiger partial charge in [-0.1, -0.05) is 49.6 Å². The lowest BCUT2D eigenvalue weighted by atomic mass is 10.1. The molecule has 5 heteroatoms. The van der Waals surface area contributed by atoms with Crippen LogP contribution in [0.5, 0.6) is 5.75 Å². The second-order valence-corrected chi connectivity index (χ2v) is 7.35. The molecule has 2 aromatic carbocycles. The maximum atomic E-state index is 13.0. The number of benzene rings is 2. The third-order valence-corrected chi connectivity index (χ3v) is 5.35. The number of rotatable bonds is 5. The highest BCUT2D eigenvalue weighted by molar-refractivity contribution is 5.81. The van der Waals surface area contributed by atoms with E-state index >= 15 is 0 Å². The molecule has 1 saturated heterocycles. The number of para-hydroxylation sites is 3. The molecule has 0 aliphatic carbocycles. The summed E-state index contributed by atoms with van der Waals surface area (Å²) >= 11 is 0. The summed E-state index contributed by atoms with van der Waals surface area (Å²) < 4.78 is 7.93. The number of carbonyl (C=O) groups is 1. The SMILES string of the molecule is O=C(Cn1c(COc2ccccc2)nc2ccccc21)N1CCCCCCC1. The van der Waals surface area contributed by atoms with Crippen molar-refractivity contribution in [2.45, 2.75) is 45.3 Å². The first-order valence-corrected chi connectivity index (χ1v) is 10.2. The highest BCUT2D eigenvalue weighted by atomic mass is 16.5. The number of hydrogen-bond acceptors (Lipinski definition) is 3. The molecule has 28 heavy (non-hydrogen) atoms. The Balaban J connectivity index is 1.55. The van der Waals surface area contributed by atoms with Crippen LogP contribution in [0.1, 0.15) is 37.9 Å². The number of amides is 1. The summed E-state index contributed by atoms with van der Waals surface area (Å²) in [7, 11) is 0. The van der Waals surface area contributed by atoms with E-state index in [2.05, 4.69) is 0 Å². The first-order valence-electron chi connectivity index (χ1n) is 10.2. The van der Waals surface area contributed by atoms with Gasteiger partial charge in [-0.05, 0) is 37.1 Å². The van der Waals surface area contributed by atoms with Crippen molar-refractivity contribution >= 4 is 16.9 Å². The number of ether oxygens (including phenoxy) is 1. The van der Waals surface area contributed by atoms with Crippen LogP contribution in [0, 0.1) is 0 Å². The van der Waals surface area contributed by atoms with Gasteiger partial charge in [-0.2, -0.15) is 0 Å². The van der Waals surface area contributed by atoms with E-state index in [-0.39, 0.29) is 5.91 Å². The summed E-state index contributed by atoms with van der Waals surface area (Å²) in [6.07, 6.45) is 5.91. The van der Waals surface area contributed by atoms with Crippen LogP contribution in [0.15, 0.2) is 54.6 Å². The Morgan fingerprint density at radius 1 is 0.893 bits per heavy atom. The molecule has 0 spiro atoms. The van der Waals surface area contributed by atoms with E-state index in [1.807, 2.05) is 64.1 Å². The monoisotopic (exact) mass is 377 g/mol. The predicted octanol–water partition coefficient (Wildman–Crippen LogP) is 4.41. The third kappa shape index (κ3) is 4.35. The van der Waals surface area contributed by atoms with Gasteiger partial charge in [0.25, 0.3) is 0 Å². The molecule has 0 bridgehead atoms. The lowest BCUT2D eigenvalue weighted by Gasteiger charge is -2.25. The first kappa shape index (κ1) is 18.5. The van der Waals surface area contributed by atoms with Crippen LogP contribution in [0.2, 0.25) is 0 Å². The van der Waals surface area contributed by atoms with Crippen LogP contribution in [0.3, 0.4) is 0 Å². The first-order chi connectivity index (χ1) is 13.8. The Bertz CT molecular complexity index is 912. The molecule has 0 unspecified atom stereocenters. The molecular weight excluding hydrogens is 350 g/mol. The van der Waals surface area contributed by atoms with Gasteiger partial charge in [-0.15, -0.1) is 0 Å². The number of imidazole rings is 1. The fourth-order valence-corrected chi connectivity index (χ4v) is 3.81. The van der Waals surface area contributed by atoms with Gasteiger partial charge >= 0.3 is 0 Å². The topological polar surface area (TPSA) is 47.4 Å². The molecule has 2 heterocycles. The molecule has 1 aliphatic heterocycles. The smallest absolute Gasteiger partial charge is 0.242 e. The molecule has 0 N–H and O–H groups in total. The van der Waals surface area contributed by atoms with Crippen LogP contribution < -0.4 is 4.74 Å². The van der Waals surface area contributed by atoms with Crippen molar-refractivity contribution < 1.29 is 9.53 Å². The zero-order valence-corrected chi connectivity index (χ0v) is 16.2. The van der Waals surface area contributed by atoms with E-state index in [0.717, 1.165) is 48.5 Å². The molecule has 0 atom stereocenters. The summed E-state index contributed by atoms with van der Waals surface area (Å²) in [4.78, 5) is 19.8. The fourth-order valence-electron chi connectivity index (χ4n) is 3.81. The van der Waals surface area contributed by atoms with Crippen molar-refractivity contribution in [3.63, 3.8) is 0 Å². The summed E-state index contributed by atoms with van der Waals surface area (Å²) in [5.41, 5.74) is 1.88. The Hall–Kier alpha value is -2.82. The molecule has 0 saturated carbocycles. The maximum absolute atomic E-state index is 13.0. The van der Waals surface area contributed by atoms with Gasteiger partial charge in [-0.3, -0.25) is 4.79 Å². The van der Waals surface area contributed by atoms with Gasteiger partial charge < -0.3 is 14.2 Å². The van der Waals surface area contributed by atoms with Gasteiger partial charge in [0.2, 0.25) is 5.91 Å². The zero-order chi connectivity index (χ0) is 19.2. The van der Waals surface area contributed by atoms with E-state index in [4.69, 9.17) is 9.72 Å². The summed E-state index contributed by atoms with van der Waals surface area (Å²) in [6, 6.07) is 17.7. The molecule has 1 fully saturated rings. The van der Waals surface area contributed by atoms with E-state index in [9.17, 15) is 4.79 Å². The van der Waals surface area contributed by atoms with Crippen molar-refractivity contribution in [2.75, 3.05) is 13.1 Å². The van der Waals surface area contributed by atoms with Gasteiger partial charge in [-0.25, -0.2) is 4.98 Å². The Morgan fingerprint density at radius 3 is 2.36 bits per heavy atom. The van der Waals surface area contributed by atoms with Crippen molar-refractivity contribution in [1.82, 2.24) is 14.5 Å². The standard InChI is InChI=1S/C23H27N3O2/c27-23(25-15-9-2-1-3-10-16-25)17-26-21-14-8-7-13-20(21)24-22(26)18-28-19-11-5-4-6-12-19/h4-8,11-14H,1-3,9-10,15-18H2. The summed E-state index contributed by atoms with van der Waals surface area (Å²) in [6.45, 7) is 2.38. The number of fused-ring (bicyclic) bond motifs is 1. The Labute approximate surface area is 165 Å². The van der Waals surface area contributed by atoms with Crippen molar-refractivity contribution in [3.8, 4) is 5.75 Å². The predicted molar refractivity (Wildman–Crippen MR) is 110 cm³/mol. The number of hydrogen-bond donors (Lipinski definition) is 0. The number of nitrogens with zero attached hydrogens (tertiary/aromatic N) is 3. The van der Waals surface area contributed by atoms with Crippen LogP contribution in [-0.2, 0) is 17.9 Å². The number of aromatic nitrogens is 2. The van der Waals surface area contributed by atoms with E-state index in [0.29, 0.717) is 13.2 Å². The number of likely N-dealkylation sites (tertiary alicyclic amines) is 1. The molecule has 1 aliphatic rings. The fraction of sp³-hybridized carbons (Fsp3) is 0.391. The highest BCUT2D eigenvalue weighted by Gasteiger charge is 2.19. The van der Waals surface area contributed by atoms with Crippen LogP contribution in [0.4, 0.5) is 0 Å². The van der Waals surface area contributed by atoms with Gasteiger partial charge in [0, 0.05) is 13.1 Å². The second-order valence-electron chi connectivity index (χ2n) is 7.35. The molecule has 146 valence electrons. The maximum Gasteiger partial charge on any atom is 0.242 e. The largest absolute Gasteiger partial charge is 0.486 e. The van der Waals surface area contributed by atoms with Gasteiger partial charge in [0.05, 0.1) is 11.0 Å². The molecule has 3 aromatic rings. The molecule has 0 radical (unpaired) electrons. The minimum Gasteiger partial charge on any atom is -0.486 e. The molecule has 1 amide bonds. The average molecular weight is 377 g/mol. The third-order valence-electron chi connectivity index (χ3n) is 5.35. The highest BCUT2D eigenvalue weighted by Crippen LogP contribution is 2.19. The van der Waals surface area contributed by atoms with Gasteiger partial charge in [0.15, 0.2) is 0 Å². The summed E-state index contributed by atoms with van der Waals surface area (Å²) in [5, 5.41) is 0. The van der Waals surface area contributed by atoms with E-state index in [1.165, 1.54) is 19.3 Å². The molecule has 4 rings (SSSR count). The Kier molecular flexibility index (Phi) is 5.90. The van der Waals surface area contributed by atoms with Gasteiger partial charge in [0.1, 0.15) is 24.7 Å². The lowest BCUT2D eigenvalue weighted by molar-refractivity contribution is -0.132. The second kappa shape index (κ2) is 8.91. The minimum absolute atomic E-state index is 0.172. The number of carbonyl (C=O) groups excluding carboxylic acids is 1. The minimum atomic E-state index is 0.172. The lowest BCUT2D eigenvalue weighted by Crippen LogP contribution is -2.36.